The molecule has 5 nitrogen and oxygen atoms in total. The molecule has 1 atom stereocenters. The predicted molar refractivity (Wildman–Crippen MR) is 77.7 cm³/mol. The van der Waals surface area contributed by atoms with Gasteiger partial charge < -0.3 is 10.8 Å². The van der Waals surface area contributed by atoms with Crippen molar-refractivity contribution in [3.8, 4) is 0 Å². The largest absolute Gasteiger partial charge is 0.389 e. The summed E-state index contributed by atoms with van der Waals surface area (Å²) in [5.41, 5.74) is 6.22. The third-order valence-corrected chi connectivity index (χ3v) is 5.74. The summed E-state index contributed by atoms with van der Waals surface area (Å²) in [6.45, 7) is 4.44. The highest BCUT2D eigenvalue weighted by atomic mass is 32.2. The number of benzene rings is 1. The van der Waals surface area contributed by atoms with Crippen molar-refractivity contribution >= 4 is 10.0 Å². The van der Waals surface area contributed by atoms with Crippen LogP contribution in [-0.4, -0.2) is 36.5 Å². The lowest BCUT2D eigenvalue weighted by atomic mass is 9.97. The molecule has 20 heavy (non-hydrogen) atoms. The molecule has 1 fully saturated rings. The molecule has 1 unspecified atom stereocenters. The molecule has 1 aromatic rings. The maximum Gasteiger partial charge on any atom is 0.243 e. The number of piperidine rings is 1. The fourth-order valence-electron chi connectivity index (χ4n) is 2.65. The zero-order valence-corrected chi connectivity index (χ0v) is 12.8. The van der Waals surface area contributed by atoms with Gasteiger partial charge in [0.05, 0.1) is 10.5 Å². The molecule has 1 aliphatic rings. The molecule has 0 aliphatic carbocycles. The van der Waals surface area contributed by atoms with Crippen LogP contribution in [0.15, 0.2) is 23.1 Å². The van der Waals surface area contributed by atoms with Crippen LogP contribution < -0.4 is 5.73 Å². The Balaban J connectivity index is 2.35. The Bertz CT molecular complexity index is 596. The zero-order valence-electron chi connectivity index (χ0n) is 12.0. The van der Waals surface area contributed by atoms with Crippen LogP contribution in [0.1, 0.15) is 30.9 Å². The fraction of sp³-hybridized carbons (Fsp3) is 0.571. The molecule has 1 heterocycles. The highest BCUT2D eigenvalue weighted by Gasteiger charge is 2.36. The second kappa shape index (κ2) is 5.44. The number of β-amino-alcohol motifs (C(OH)–C–C–N with tert-alkyl or cyclic N) is 1. The maximum absolute atomic E-state index is 12.7. The van der Waals surface area contributed by atoms with Crippen molar-refractivity contribution in [2.75, 3.05) is 13.1 Å². The average molecular weight is 298 g/mol. The van der Waals surface area contributed by atoms with E-state index in [-0.39, 0.29) is 6.54 Å². The van der Waals surface area contributed by atoms with Gasteiger partial charge in [0, 0.05) is 19.6 Å². The van der Waals surface area contributed by atoms with Gasteiger partial charge >= 0.3 is 0 Å². The van der Waals surface area contributed by atoms with Gasteiger partial charge in [0.1, 0.15) is 0 Å². The van der Waals surface area contributed by atoms with Crippen molar-refractivity contribution in [1.29, 1.82) is 0 Å². The molecule has 0 saturated carbocycles. The molecule has 1 saturated heterocycles. The van der Waals surface area contributed by atoms with Gasteiger partial charge in [0.25, 0.3) is 0 Å². The molecule has 1 aromatic carbocycles. The molecule has 0 radical (unpaired) electrons. The summed E-state index contributed by atoms with van der Waals surface area (Å²) in [5, 5.41) is 10.1. The fourth-order valence-corrected chi connectivity index (χ4v) is 4.45. The smallest absolute Gasteiger partial charge is 0.243 e. The SMILES string of the molecule is Cc1cc(CN)ccc1S(=O)(=O)N1CCCC(C)(O)C1. The quantitative estimate of drug-likeness (QED) is 0.871. The molecule has 2 rings (SSSR count). The Morgan fingerprint density at radius 2 is 2.15 bits per heavy atom. The monoisotopic (exact) mass is 298 g/mol. The number of aliphatic hydroxyl groups is 1. The number of hydrogen-bond acceptors (Lipinski definition) is 4. The molecular formula is C14H22N2O3S. The van der Waals surface area contributed by atoms with Crippen molar-refractivity contribution in [2.24, 2.45) is 5.73 Å². The van der Waals surface area contributed by atoms with Gasteiger partial charge in [-0.3, -0.25) is 0 Å². The number of nitrogens with zero attached hydrogens (tertiary/aromatic N) is 1. The summed E-state index contributed by atoms with van der Waals surface area (Å²) in [5.74, 6) is 0. The van der Waals surface area contributed by atoms with Crippen LogP contribution in [-0.2, 0) is 16.6 Å². The standard InChI is InChI=1S/C14H22N2O3S/c1-11-8-12(9-15)4-5-13(11)20(18,19)16-7-3-6-14(2,17)10-16/h4-5,8,17H,3,6-7,9-10,15H2,1-2H3. The summed E-state index contributed by atoms with van der Waals surface area (Å²) in [4.78, 5) is 0.299. The van der Waals surface area contributed by atoms with E-state index in [2.05, 4.69) is 0 Å². The van der Waals surface area contributed by atoms with Gasteiger partial charge in [-0.2, -0.15) is 4.31 Å². The van der Waals surface area contributed by atoms with E-state index in [0.29, 0.717) is 36.4 Å². The Morgan fingerprint density at radius 1 is 1.45 bits per heavy atom. The molecular weight excluding hydrogens is 276 g/mol. The van der Waals surface area contributed by atoms with Gasteiger partial charge in [-0.25, -0.2) is 8.42 Å². The van der Waals surface area contributed by atoms with E-state index in [0.717, 1.165) is 5.56 Å². The van der Waals surface area contributed by atoms with Crippen LogP contribution in [0.4, 0.5) is 0 Å². The van der Waals surface area contributed by atoms with Gasteiger partial charge in [0.2, 0.25) is 10.0 Å². The maximum atomic E-state index is 12.7. The molecule has 3 N–H and O–H groups in total. The number of rotatable bonds is 3. The third-order valence-electron chi connectivity index (χ3n) is 3.73. The van der Waals surface area contributed by atoms with Crippen molar-refractivity contribution in [3.63, 3.8) is 0 Å². The van der Waals surface area contributed by atoms with Crippen molar-refractivity contribution < 1.29 is 13.5 Å². The predicted octanol–water partition coefficient (Wildman–Crippen LogP) is 0.989. The van der Waals surface area contributed by atoms with E-state index in [1.165, 1.54) is 4.31 Å². The minimum atomic E-state index is -3.56. The minimum absolute atomic E-state index is 0.146. The van der Waals surface area contributed by atoms with Crippen molar-refractivity contribution in [1.82, 2.24) is 4.31 Å². The number of hydrogen-bond donors (Lipinski definition) is 2. The Labute approximate surface area is 120 Å². The lowest BCUT2D eigenvalue weighted by molar-refractivity contribution is 0.00939. The first-order chi connectivity index (χ1) is 9.26. The van der Waals surface area contributed by atoms with Crippen LogP contribution in [0.25, 0.3) is 0 Å². The van der Waals surface area contributed by atoms with Crippen LogP contribution >= 0.6 is 0 Å². The molecule has 112 valence electrons. The first kappa shape index (κ1) is 15.4. The van der Waals surface area contributed by atoms with E-state index >= 15 is 0 Å². The second-order valence-corrected chi connectivity index (χ2v) is 7.65. The molecule has 0 amide bonds. The lowest BCUT2D eigenvalue weighted by Crippen LogP contribution is -2.48. The Hall–Kier alpha value is -0.950. The van der Waals surface area contributed by atoms with E-state index in [4.69, 9.17) is 5.73 Å². The number of nitrogens with two attached hydrogens (primary N) is 1. The molecule has 0 bridgehead atoms. The summed E-state index contributed by atoms with van der Waals surface area (Å²) in [6, 6.07) is 5.15. The lowest BCUT2D eigenvalue weighted by Gasteiger charge is -2.36. The summed E-state index contributed by atoms with van der Waals surface area (Å²) >= 11 is 0. The molecule has 1 aliphatic heterocycles. The van der Waals surface area contributed by atoms with E-state index < -0.39 is 15.6 Å². The van der Waals surface area contributed by atoms with E-state index in [9.17, 15) is 13.5 Å². The minimum Gasteiger partial charge on any atom is -0.389 e. The zero-order chi connectivity index (χ0) is 15.0. The summed E-state index contributed by atoms with van der Waals surface area (Å²) in [6.07, 6.45) is 1.30. The summed E-state index contributed by atoms with van der Waals surface area (Å²) in [7, 11) is -3.56. The third kappa shape index (κ3) is 3.03. The van der Waals surface area contributed by atoms with Crippen molar-refractivity contribution in [2.45, 2.75) is 43.7 Å². The van der Waals surface area contributed by atoms with E-state index in [1.54, 1.807) is 32.0 Å². The van der Waals surface area contributed by atoms with Crippen LogP contribution in [0, 0.1) is 6.92 Å². The summed E-state index contributed by atoms with van der Waals surface area (Å²) < 4.78 is 26.7. The van der Waals surface area contributed by atoms with Crippen LogP contribution in [0.5, 0.6) is 0 Å². The van der Waals surface area contributed by atoms with Gasteiger partial charge in [-0.15, -0.1) is 0 Å². The molecule has 0 aromatic heterocycles. The average Bonchev–Trinajstić information content (AvgIpc) is 2.37. The van der Waals surface area contributed by atoms with Crippen LogP contribution in [0.3, 0.4) is 0 Å². The highest BCUT2D eigenvalue weighted by molar-refractivity contribution is 7.89. The molecule has 6 heteroatoms. The molecule has 0 spiro atoms. The second-order valence-electron chi connectivity index (χ2n) is 5.74. The first-order valence-electron chi connectivity index (χ1n) is 6.78. The van der Waals surface area contributed by atoms with Gasteiger partial charge in [-0.1, -0.05) is 12.1 Å². The Morgan fingerprint density at radius 3 is 2.70 bits per heavy atom. The van der Waals surface area contributed by atoms with Crippen LogP contribution in [0.2, 0.25) is 0 Å². The topological polar surface area (TPSA) is 83.6 Å². The van der Waals surface area contributed by atoms with Gasteiger partial charge in [0.15, 0.2) is 0 Å². The highest BCUT2D eigenvalue weighted by Crippen LogP contribution is 2.27. The van der Waals surface area contributed by atoms with Crippen molar-refractivity contribution in [3.05, 3.63) is 29.3 Å². The van der Waals surface area contributed by atoms with E-state index in [1.807, 2.05) is 0 Å². The number of sulfonamides is 1. The normalized spacial score (nSPS) is 24.8. The Kier molecular flexibility index (Phi) is 4.20. The van der Waals surface area contributed by atoms with Gasteiger partial charge in [-0.05, 0) is 43.9 Å². The first-order valence-corrected chi connectivity index (χ1v) is 8.22. The number of aryl methyl sites for hydroxylation is 1.